The quantitative estimate of drug-likeness (QED) is 0.437. The summed E-state index contributed by atoms with van der Waals surface area (Å²) in [5, 5.41) is 12.6. The zero-order chi connectivity index (χ0) is 22.8. The maximum Gasteiger partial charge on any atom is 0.226 e. The van der Waals surface area contributed by atoms with Crippen LogP contribution < -0.4 is 5.32 Å². The maximum absolute atomic E-state index is 12.6. The van der Waals surface area contributed by atoms with Crippen LogP contribution in [0.25, 0.3) is 22.3 Å². The van der Waals surface area contributed by atoms with Crippen molar-refractivity contribution < 1.29 is 4.79 Å². The molecule has 1 amide bonds. The van der Waals surface area contributed by atoms with Crippen molar-refractivity contribution in [3.63, 3.8) is 0 Å². The van der Waals surface area contributed by atoms with Crippen LogP contribution in [0.15, 0.2) is 73.7 Å². The lowest BCUT2D eigenvalue weighted by molar-refractivity contribution is -0.121. The average Bonchev–Trinajstić information content (AvgIpc) is 3.49. The Kier molecular flexibility index (Phi) is 5.35. The number of hydrogen-bond donors (Lipinski definition) is 1. The molecule has 0 aliphatic rings. The highest BCUT2D eigenvalue weighted by molar-refractivity contribution is 5.83. The third-order valence-electron chi connectivity index (χ3n) is 5.43. The van der Waals surface area contributed by atoms with Gasteiger partial charge < -0.3 is 5.32 Å². The van der Waals surface area contributed by atoms with Gasteiger partial charge in [-0.05, 0) is 49.7 Å². The van der Waals surface area contributed by atoms with Crippen LogP contribution in [0.5, 0.6) is 0 Å². The number of pyridine rings is 2. The molecule has 0 spiro atoms. The molecule has 0 aliphatic carbocycles. The number of nitrogens with one attached hydrogen (secondary N) is 1. The van der Waals surface area contributed by atoms with Crippen LogP contribution in [-0.2, 0) is 11.2 Å². The van der Waals surface area contributed by atoms with E-state index >= 15 is 0 Å². The van der Waals surface area contributed by atoms with Crippen LogP contribution in [-0.4, -0.2) is 40.4 Å². The van der Waals surface area contributed by atoms with Gasteiger partial charge in [-0.2, -0.15) is 10.2 Å². The molecule has 164 valence electrons. The Balaban J connectivity index is 1.26. The van der Waals surface area contributed by atoms with Gasteiger partial charge in [0.05, 0.1) is 47.4 Å². The summed E-state index contributed by atoms with van der Waals surface area (Å²) in [5.74, 6) is -0.0909. The molecule has 0 saturated heterocycles. The van der Waals surface area contributed by atoms with E-state index in [1.54, 1.807) is 29.6 Å². The molecule has 33 heavy (non-hydrogen) atoms. The molecule has 0 bridgehead atoms. The van der Waals surface area contributed by atoms with Crippen molar-refractivity contribution >= 4 is 16.8 Å². The Morgan fingerprint density at radius 2 is 1.88 bits per heavy atom. The first-order chi connectivity index (χ1) is 16.1. The van der Waals surface area contributed by atoms with E-state index in [-0.39, 0.29) is 18.4 Å². The number of carbonyl (C=O) groups excluding carboxylic acids is 1. The summed E-state index contributed by atoms with van der Waals surface area (Å²) in [6, 6.07) is 13.5. The number of benzene rings is 1. The zero-order valence-corrected chi connectivity index (χ0v) is 18.3. The largest absolute Gasteiger partial charge is 0.349 e. The van der Waals surface area contributed by atoms with Crippen molar-refractivity contribution in [1.82, 2.24) is 39.8 Å². The second kappa shape index (κ2) is 8.62. The molecule has 1 atom stereocenters. The van der Waals surface area contributed by atoms with Crippen molar-refractivity contribution in [3.05, 3.63) is 90.7 Å². The first-order valence-electron chi connectivity index (χ1n) is 10.6. The van der Waals surface area contributed by atoms with E-state index in [0.29, 0.717) is 5.69 Å². The summed E-state index contributed by atoms with van der Waals surface area (Å²) in [4.78, 5) is 25.3. The van der Waals surface area contributed by atoms with Gasteiger partial charge in [0.25, 0.3) is 0 Å². The predicted molar refractivity (Wildman–Crippen MR) is 123 cm³/mol. The molecule has 9 heteroatoms. The topological polar surface area (TPSA) is 103 Å². The molecular formula is C24H22N8O. The number of nitrogens with zero attached hydrogens (tertiary/aromatic N) is 7. The van der Waals surface area contributed by atoms with Crippen LogP contribution in [0.1, 0.15) is 29.9 Å². The smallest absolute Gasteiger partial charge is 0.226 e. The fraction of sp³-hybridized carbons (Fsp3) is 0.167. The van der Waals surface area contributed by atoms with Gasteiger partial charge in [0, 0.05) is 17.3 Å². The van der Waals surface area contributed by atoms with Gasteiger partial charge in [0.1, 0.15) is 12.7 Å². The van der Waals surface area contributed by atoms with Gasteiger partial charge in [-0.1, -0.05) is 12.1 Å². The molecule has 1 N–H and O–H groups in total. The molecule has 0 fully saturated rings. The number of hydrogen-bond acceptors (Lipinski definition) is 6. The van der Waals surface area contributed by atoms with Gasteiger partial charge in [-0.15, -0.1) is 0 Å². The van der Waals surface area contributed by atoms with Crippen molar-refractivity contribution in [1.29, 1.82) is 0 Å². The van der Waals surface area contributed by atoms with Crippen LogP contribution in [0.3, 0.4) is 0 Å². The average molecular weight is 438 g/mol. The Bertz CT molecular complexity index is 1410. The molecule has 9 nitrogen and oxygen atoms in total. The van der Waals surface area contributed by atoms with Gasteiger partial charge in [0.2, 0.25) is 5.91 Å². The molecule has 1 aromatic carbocycles. The third-order valence-corrected chi connectivity index (χ3v) is 5.43. The van der Waals surface area contributed by atoms with Gasteiger partial charge in [-0.25, -0.2) is 14.3 Å². The Labute approximate surface area is 190 Å². The molecule has 4 aromatic heterocycles. The second-order valence-corrected chi connectivity index (χ2v) is 7.84. The number of carbonyl (C=O) groups is 1. The van der Waals surface area contributed by atoms with Gasteiger partial charge in [0.15, 0.2) is 0 Å². The minimum atomic E-state index is -0.135. The number of amides is 1. The first kappa shape index (κ1) is 20.5. The number of fused-ring (bicyclic) bond motifs is 1. The summed E-state index contributed by atoms with van der Waals surface area (Å²) in [6.07, 6.45) is 8.63. The minimum absolute atomic E-state index is 0.0909. The minimum Gasteiger partial charge on any atom is -0.349 e. The number of rotatable bonds is 6. The zero-order valence-electron chi connectivity index (χ0n) is 18.3. The lowest BCUT2D eigenvalue weighted by Gasteiger charge is -2.15. The third kappa shape index (κ3) is 4.33. The molecule has 0 radical (unpaired) electrons. The lowest BCUT2D eigenvalue weighted by atomic mass is 10.1. The SMILES string of the molecule is Cc1cc(-n2ncc3cc(CC(=O)NC(C)c4ccc(-n5cncn5)cc4)ncc32)ccn1. The van der Waals surface area contributed by atoms with E-state index < -0.39 is 0 Å². The first-order valence-corrected chi connectivity index (χ1v) is 10.6. The van der Waals surface area contributed by atoms with Crippen molar-refractivity contribution in [2.45, 2.75) is 26.3 Å². The number of aromatic nitrogens is 7. The standard InChI is InChI=1S/C24H22N8O/c1-16-9-22(7-8-26-16)32-23-13-27-20(10-19(23)12-28-32)11-24(33)30-17(2)18-3-5-21(6-4-18)31-15-25-14-29-31/h3-10,12-15,17H,11H2,1-2H3,(H,30,33). The molecule has 5 rings (SSSR count). The predicted octanol–water partition coefficient (Wildman–Crippen LogP) is 3.12. The summed E-state index contributed by atoms with van der Waals surface area (Å²) in [5.41, 5.74) is 5.33. The highest BCUT2D eigenvalue weighted by Crippen LogP contribution is 2.19. The maximum atomic E-state index is 12.6. The van der Waals surface area contributed by atoms with E-state index in [1.165, 1.54) is 6.33 Å². The second-order valence-electron chi connectivity index (χ2n) is 7.84. The van der Waals surface area contributed by atoms with Crippen molar-refractivity contribution in [2.75, 3.05) is 0 Å². The van der Waals surface area contributed by atoms with Crippen molar-refractivity contribution in [3.8, 4) is 11.4 Å². The molecule has 4 heterocycles. The molecule has 0 saturated carbocycles. The Morgan fingerprint density at radius 1 is 1.03 bits per heavy atom. The van der Waals surface area contributed by atoms with Crippen LogP contribution in [0.2, 0.25) is 0 Å². The normalized spacial score (nSPS) is 12.1. The van der Waals surface area contributed by atoms with E-state index in [9.17, 15) is 4.79 Å². The van der Waals surface area contributed by atoms with Gasteiger partial charge in [-0.3, -0.25) is 14.8 Å². The monoisotopic (exact) mass is 438 g/mol. The highest BCUT2D eigenvalue weighted by Gasteiger charge is 2.13. The van der Waals surface area contributed by atoms with E-state index in [2.05, 4.69) is 30.5 Å². The summed E-state index contributed by atoms with van der Waals surface area (Å²) < 4.78 is 3.51. The van der Waals surface area contributed by atoms with E-state index in [0.717, 1.165) is 33.5 Å². The van der Waals surface area contributed by atoms with Crippen molar-refractivity contribution in [2.24, 2.45) is 0 Å². The Hall–Kier alpha value is -4.40. The summed E-state index contributed by atoms with van der Waals surface area (Å²) >= 11 is 0. The molecular weight excluding hydrogens is 416 g/mol. The summed E-state index contributed by atoms with van der Waals surface area (Å²) in [7, 11) is 0. The van der Waals surface area contributed by atoms with E-state index in [4.69, 9.17) is 0 Å². The van der Waals surface area contributed by atoms with Gasteiger partial charge >= 0.3 is 0 Å². The van der Waals surface area contributed by atoms with Crippen LogP contribution >= 0.6 is 0 Å². The van der Waals surface area contributed by atoms with Crippen LogP contribution in [0.4, 0.5) is 0 Å². The number of aryl methyl sites for hydroxylation is 1. The van der Waals surface area contributed by atoms with E-state index in [1.807, 2.05) is 61.0 Å². The summed E-state index contributed by atoms with van der Waals surface area (Å²) in [6.45, 7) is 3.90. The highest BCUT2D eigenvalue weighted by atomic mass is 16.1. The van der Waals surface area contributed by atoms with Crippen LogP contribution in [0, 0.1) is 6.92 Å². The fourth-order valence-corrected chi connectivity index (χ4v) is 3.73. The lowest BCUT2D eigenvalue weighted by Crippen LogP contribution is -2.28. The fourth-order valence-electron chi connectivity index (χ4n) is 3.73. The molecule has 5 aromatic rings. The Morgan fingerprint density at radius 3 is 2.64 bits per heavy atom. The molecule has 1 unspecified atom stereocenters. The molecule has 0 aliphatic heterocycles.